The van der Waals surface area contributed by atoms with E-state index in [1.54, 1.807) is 0 Å². The molecular formula is C4H3O4. The average molecular weight is 115 g/mol. The molecule has 8 heavy (non-hydrogen) atoms. The molecule has 4 nitrogen and oxygen atoms in total. The van der Waals surface area contributed by atoms with Gasteiger partial charge in [0.2, 0.25) is 5.76 Å². The van der Waals surface area contributed by atoms with Gasteiger partial charge in [-0.05, 0) is 0 Å². The van der Waals surface area contributed by atoms with Crippen LogP contribution < -0.4 is 0 Å². The zero-order valence-electron chi connectivity index (χ0n) is 3.83. The number of esters is 1. The van der Waals surface area contributed by atoms with Crippen molar-refractivity contribution in [2.75, 3.05) is 0 Å². The maximum Gasteiger partial charge on any atom is 0.337 e. The van der Waals surface area contributed by atoms with Crippen LogP contribution in [0.1, 0.15) is 0 Å². The predicted molar refractivity (Wildman–Crippen MR) is 20.9 cm³/mol. The lowest BCUT2D eigenvalue weighted by Gasteiger charge is -1.96. The summed E-state index contributed by atoms with van der Waals surface area (Å²) in [6.45, 7) is 0. The van der Waals surface area contributed by atoms with Gasteiger partial charge < -0.3 is 9.84 Å². The molecule has 1 aliphatic rings. The summed E-state index contributed by atoms with van der Waals surface area (Å²) in [5, 5.41) is 18.5. The van der Waals surface area contributed by atoms with E-state index < -0.39 is 18.0 Å². The van der Waals surface area contributed by atoms with Crippen LogP contribution in [0.15, 0.2) is 11.8 Å². The number of hydrogen-bond donors (Lipinski definition) is 1. The van der Waals surface area contributed by atoms with E-state index in [2.05, 4.69) is 4.74 Å². The lowest BCUT2D eigenvalue weighted by molar-refractivity contribution is -0.154. The molecule has 1 heterocycles. The summed E-state index contributed by atoms with van der Waals surface area (Å²) in [7, 11) is 0. The summed E-state index contributed by atoms with van der Waals surface area (Å²) in [4.78, 5) is 10.0. The van der Waals surface area contributed by atoms with Gasteiger partial charge in [-0.2, -0.15) is 0 Å². The third kappa shape index (κ3) is 0.651. The average Bonchev–Trinajstić information content (AvgIpc) is 1.85. The van der Waals surface area contributed by atoms with Crippen molar-refractivity contribution >= 4 is 5.97 Å². The first-order chi connectivity index (χ1) is 3.70. The Kier molecular flexibility index (Phi) is 0.948. The minimum absolute atomic E-state index is 0.685. The fourth-order valence-corrected chi connectivity index (χ4v) is 0.390. The smallest absolute Gasteiger partial charge is 0.337 e. The number of rotatable bonds is 0. The molecule has 0 aliphatic carbocycles. The molecule has 1 rings (SSSR count). The summed E-state index contributed by atoms with van der Waals surface area (Å²) < 4.78 is 3.98. The van der Waals surface area contributed by atoms with Crippen molar-refractivity contribution in [3.8, 4) is 0 Å². The molecule has 0 amide bonds. The molecule has 0 fully saturated rings. The summed E-state index contributed by atoms with van der Waals surface area (Å²) in [5.41, 5.74) is 0. The normalized spacial score (nSPS) is 27.4. The van der Waals surface area contributed by atoms with Crippen molar-refractivity contribution in [2.45, 2.75) is 6.29 Å². The van der Waals surface area contributed by atoms with E-state index in [0.29, 0.717) is 6.08 Å². The molecule has 1 N–H and O–H groups in total. The molecule has 1 unspecified atom stereocenters. The number of hydrogen-bond acceptors (Lipinski definition) is 3. The van der Waals surface area contributed by atoms with Gasteiger partial charge in [-0.25, -0.2) is 4.79 Å². The van der Waals surface area contributed by atoms with E-state index in [0.717, 1.165) is 0 Å². The van der Waals surface area contributed by atoms with Crippen LogP contribution in [-0.4, -0.2) is 17.4 Å². The minimum atomic E-state index is -1.55. The number of carbonyl (C=O) groups is 1. The largest absolute Gasteiger partial charge is 0.425 e. The molecule has 0 saturated carbocycles. The maximum absolute atomic E-state index is 10.1. The third-order valence-electron chi connectivity index (χ3n) is 0.731. The van der Waals surface area contributed by atoms with Gasteiger partial charge in [-0.1, -0.05) is 0 Å². The molecular weight excluding hydrogens is 112 g/mol. The molecule has 0 saturated heterocycles. The molecule has 0 aromatic carbocycles. The highest BCUT2D eigenvalue weighted by Crippen LogP contribution is 2.08. The zero-order valence-corrected chi connectivity index (χ0v) is 3.83. The summed E-state index contributed by atoms with van der Waals surface area (Å²) in [6, 6.07) is 0. The second-order valence-corrected chi connectivity index (χ2v) is 1.34. The highest BCUT2D eigenvalue weighted by molar-refractivity contribution is 5.84. The Morgan fingerprint density at radius 3 is 2.50 bits per heavy atom. The van der Waals surface area contributed by atoms with Crippen LogP contribution in [-0.2, 0) is 14.6 Å². The fourth-order valence-electron chi connectivity index (χ4n) is 0.390. The SMILES string of the molecule is [O]C1=CC(=O)OC1O. The second kappa shape index (κ2) is 1.48. The van der Waals surface area contributed by atoms with Crippen molar-refractivity contribution in [2.24, 2.45) is 0 Å². The van der Waals surface area contributed by atoms with Gasteiger partial charge in [-0.15, -0.1) is 0 Å². The monoisotopic (exact) mass is 115 g/mol. The Morgan fingerprint density at radius 1 is 1.75 bits per heavy atom. The Morgan fingerprint density at radius 2 is 2.38 bits per heavy atom. The van der Waals surface area contributed by atoms with Crippen LogP contribution in [0.4, 0.5) is 0 Å². The summed E-state index contributed by atoms with van der Waals surface area (Å²) in [6.07, 6.45) is -0.840. The molecule has 0 bridgehead atoms. The molecule has 1 aliphatic heterocycles. The van der Waals surface area contributed by atoms with Gasteiger partial charge in [0.1, 0.15) is 0 Å². The Bertz CT molecular complexity index is 148. The van der Waals surface area contributed by atoms with E-state index in [-0.39, 0.29) is 0 Å². The van der Waals surface area contributed by atoms with Gasteiger partial charge in [0.05, 0.1) is 6.08 Å². The second-order valence-electron chi connectivity index (χ2n) is 1.34. The lowest BCUT2D eigenvalue weighted by Crippen LogP contribution is -2.08. The first-order valence-electron chi connectivity index (χ1n) is 1.97. The van der Waals surface area contributed by atoms with Gasteiger partial charge in [0.15, 0.2) is 0 Å². The number of aliphatic hydroxyl groups is 1. The number of carbonyl (C=O) groups excluding carboxylic acids is 1. The van der Waals surface area contributed by atoms with E-state index in [1.807, 2.05) is 0 Å². The van der Waals surface area contributed by atoms with Crippen molar-refractivity contribution < 1.29 is 19.7 Å². The summed E-state index contributed by atoms with van der Waals surface area (Å²) >= 11 is 0. The number of cyclic esters (lactones) is 1. The molecule has 4 heteroatoms. The third-order valence-corrected chi connectivity index (χ3v) is 0.731. The van der Waals surface area contributed by atoms with E-state index in [4.69, 9.17) is 5.11 Å². The first kappa shape index (κ1) is 5.11. The zero-order chi connectivity index (χ0) is 6.15. The topological polar surface area (TPSA) is 66.4 Å². The molecule has 0 aromatic rings. The maximum atomic E-state index is 10.1. The Labute approximate surface area is 45.0 Å². The van der Waals surface area contributed by atoms with Crippen LogP contribution in [0, 0.1) is 0 Å². The molecule has 0 aromatic heterocycles. The molecule has 43 valence electrons. The predicted octanol–water partition coefficient (Wildman–Crippen LogP) is -0.824. The number of aliphatic hydroxyl groups excluding tert-OH is 1. The minimum Gasteiger partial charge on any atom is -0.425 e. The molecule has 1 atom stereocenters. The van der Waals surface area contributed by atoms with Crippen molar-refractivity contribution in [3.63, 3.8) is 0 Å². The quantitative estimate of drug-likeness (QED) is 0.419. The molecule has 1 radical (unpaired) electrons. The van der Waals surface area contributed by atoms with Crippen molar-refractivity contribution in [1.82, 2.24) is 0 Å². The molecule has 0 spiro atoms. The van der Waals surface area contributed by atoms with Crippen LogP contribution in [0.2, 0.25) is 0 Å². The van der Waals surface area contributed by atoms with Gasteiger partial charge in [-0.3, -0.25) is 5.11 Å². The Balaban J connectivity index is 2.73. The van der Waals surface area contributed by atoms with E-state index in [9.17, 15) is 9.90 Å². The van der Waals surface area contributed by atoms with E-state index in [1.165, 1.54) is 0 Å². The Hall–Kier alpha value is -1.03. The first-order valence-corrected chi connectivity index (χ1v) is 1.97. The van der Waals surface area contributed by atoms with Gasteiger partial charge in [0, 0.05) is 0 Å². The van der Waals surface area contributed by atoms with Crippen LogP contribution in [0.25, 0.3) is 0 Å². The van der Waals surface area contributed by atoms with Gasteiger partial charge >= 0.3 is 5.97 Å². The van der Waals surface area contributed by atoms with Crippen LogP contribution >= 0.6 is 0 Å². The summed E-state index contributed by atoms with van der Waals surface area (Å²) in [5.74, 6) is -1.46. The number of ether oxygens (including phenoxy) is 1. The van der Waals surface area contributed by atoms with Crippen molar-refractivity contribution in [1.29, 1.82) is 0 Å². The van der Waals surface area contributed by atoms with Crippen LogP contribution in [0.3, 0.4) is 0 Å². The van der Waals surface area contributed by atoms with Crippen LogP contribution in [0.5, 0.6) is 0 Å². The standard InChI is InChI=1S/C4H3O4/c5-2-1-3(6)8-4(2)7/h1,4,7H. The fraction of sp³-hybridized carbons (Fsp3) is 0.250. The highest BCUT2D eigenvalue weighted by Gasteiger charge is 2.24. The van der Waals surface area contributed by atoms with Gasteiger partial charge in [0.25, 0.3) is 6.29 Å². The highest BCUT2D eigenvalue weighted by atomic mass is 16.6. The lowest BCUT2D eigenvalue weighted by atomic mass is 10.5. The van der Waals surface area contributed by atoms with Crippen molar-refractivity contribution in [3.05, 3.63) is 11.8 Å². The van der Waals surface area contributed by atoms with E-state index >= 15 is 0 Å².